The van der Waals surface area contributed by atoms with Crippen LogP contribution in [-0.2, 0) is 5.41 Å². The van der Waals surface area contributed by atoms with Crippen LogP contribution < -0.4 is 0 Å². The summed E-state index contributed by atoms with van der Waals surface area (Å²) in [6, 6.07) is 17.2. The molecule has 3 heteroatoms. The van der Waals surface area contributed by atoms with Gasteiger partial charge in [-0.1, -0.05) is 60.7 Å². The van der Waals surface area contributed by atoms with Crippen LogP contribution in [0, 0.1) is 0 Å². The van der Waals surface area contributed by atoms with Crippen molar-refractivity contribution in [2.75, 3.05) is 0 Å². The molecule has 0 radical (unpaired) electrons. The van der Waals surface area contributed by atoms with Crippen LogP contribution in [0.3, 0.4) is 0 Å². The topological polar surface area (TPSA) is 0 Å². The van der Waals surface area contributed by atoms with Gasteiger partial charge >= 0.3 is 6.18 Å². The molecule has 1 aliphatic carbocycles. The number of hydrogen-bond donors (Lipinski definition) is 0. The molecule has 3 rings (SSSR count). The maximum atomic E-state index is 13.5. The Morgan fingerprint density at radius 1 is 0.842 bits per heavy atom. The first kappa shape index (κ1) is 12.3. The van der Waals surface area contributed by atoms with Crippen LogP contribution in [0.1, 0.15) is 23.5 Å². The summed E-state index contributed by atoms with van der Waals surface area (Å²) < 4.78 is 40.6. The van der Waals surface area contributed by atoms with Crippen molar-refractivity contribution in [2.24, 2.45) is 0 Å². The van der Waals surface area contributed by atoms with Crippen molar-refractivity contribution in [2.45, 2.75) is 23.9 Å². The van der Waals surface area contributed by atoms with Gasteiger partial charge in [0, 0.05) is 5.92 Å². The number of halogens is 3. The number of hydrogen-bond acceptors (Lipinski definition) is 0. The van der Waals surface area contributed by atoms with Crippen LogP contribution in [0.4, 0.5) is 13.2 Å². The monoisotopic (exact) mass is 262 g/mol. The van der Waals surface area contributed by atoms with Crippen molar-refractivity contribution in [3.05, 3.63) is 71.8 Å². The van der Waals surface area contributed by atoms with Crippen molar-refractivity contribution < 1.29 is 13.2 Å². The lowest BCUT2D eigenvalue weighted by molar-refractivity contribution is -0.162. The Labute approximate surface area is 109 Å². The molecule has 1 fully saturated rings. The van der Waals surface area contributed by atoms with Crippen LogP contribution in [0.2, 0.25) is 0 Å². The van der Waals surface area contributed by atoms with Crippen molar-refractivity contribution in [3.8, 4) is 0 Å². The molecule has 19 heavy (non-hydrogen) atoms. The van der Waals surface area contributed by atoms with Crippen LogP contribution in [0.25, 0.3) is 0 Å². The standard InChI is InChI=1S/C16H13F3/c17-16(18,19)15(13-9-5-2-6-10-13)11-14(15)12-7-3-1-4-8-12/h1-10,14H,11H2/t14-,15+/m1/s1. The minimum absolute atomic E-state index is 0.143. The molecule has 2 aromatic rings. The summed E-state index contributed by atoms with van der Waals surface area (Å²) >= 11 is 0. The van der Waals surface area contributed by atoms with Crippen molar-refractivity contribution in [1.82, 2.24) is 0 Å². The maximum absolute atomic E-state index is 13.5. The summed E-state index contributed by atoms with van der Waals surface area (Å²) in [7, 11) is 0. The molecule has 0 N–H and O–H groups in total. The molecule has 0 nitrogen and oxygen atoms in total. The van der Waals surface area contributed by atoms with Gasteiger partial charge < -0.3 is 0 Å². The summed E-state index contributed by atoms with van der Waals surface area (Å²) in [5.74, 6) is -0.462. The summed E-state index contributed by atoms with van der Waals surface area (Å²) in [6.07, 6.45) is -4.07. The lowest BCUT2D eigenvalue weighted by Gasteiger charge is -2.22. The minimum Gasteiger partial charge on any atom is -0.170 e. The van der Waals surface area contributed by atoms with Gasteiger partial charge in [0.15, 0.2) is 0 Å². The Kier molecular flexibility index (Phi) is 2.66. The number of benzene rings is 2. The van der Waals surface area contributed by atoms with Crippen molar-refractivity contribution in [1.29, 1.82) is 0 Å². The van der Waals surface area contributed by atoms with Crippen LogP contribution >= 0.6 is 0 Å². The summed E-state index contributed by atoms with van der Waals surface area (Å²) in [5, 5.41) is 0. The van der Waals surface area contributed by atoms with E-state index in [1.165, 1.54) is 0 Å². The highest BCUT2D eigenvalue weighted by atomic mass is 19.4. The molecule has 1 saturated carbocycles. The van der Waals surface area contributed by atoms with Crippen molar-refractivity contribution in [3.63, 3.8) is 0 Å². The summed E-state index contributed by atoms with van der Waals surface area (Å²) in [6.45, 7) is 0. The number of alkyl halides is 3. The third kappa shape index (κ3) is 1.84. The minimum atomic E-state index is -4.21. The van der Waals surface area contributed by atoms with Gasteiger partial charge in [0.25, 0.3) is 0 Å². The second kappa shape index (κ2) is 4.12. The van der Waals surface area contributed by atoms with Gasteiger partial charge in [-0.3, -0.25) is 0 Å². The molecular weight excluding hydrogens is 249 g/mol. The van der Waals surface area contributed by atoms with Gasteiger partial charge in [0.05, 0.1) is 5.41 Å². The Hall–Kier alpha value is -1.77. The SMILES string of the molecule is FC(F)(F)[C@]1(c2ccccc2)C[C@@H]1c1ccccc1. The van der Waals surface area contributed by atoms with Crippen LogP contribution in [0.15, 0.2) is 60.7 Å². The van der Waals surface area contributed by atoms with E-state index in [2.05, 4.69) is 0 Å². The first-order valence-corrected chi connectivity index (χ1v) is 6.23. The molecule has 0 heterocycles. The fourth-order valence-corrected chi connectivity index (χ4v) is 2.88. The van der Waals surface area contributed by atoms with E-state index in [9.17, 15) is 13.2 Å². The van der Waals surface area contributed by atoms with E-state index in [-0.39, 0.29) is 6.42 Å². The molecule has 0 amide bonds. The molecule has 0 saturated heterocycles. The fraction of sp³-hybridized carbons (Fsp3) is 0.250. The van der Waals surface area contributed by atoms with E-state index in [0.29, 0.717) is 5.56 Å². The summed E-state index contributed by atoms with van der Waals surface area (Å²) in [4.78, 5) is 0. The van der Waals surface area contributed by atoms with Gasteiger partial charge in [0.1, 0.15) is 0 Å². The highest BCUT2D eigenvalue weighted by Gasteiger charge is 2.71. The first-order chi connectivity index (χ1) is 9.06. The van der Waals surface area contributed by atoms with Gasteiger partial charge in [-0.2, -0.15) is 13.2 Å². The molecule has 0 aliphatic heterocycles. The van der Waals surface area contributed by atoms with Crippen LogP contribution in [-0.4, -0.2) is 6.18 Å². The molecule has 2 atom stereocenters. The lowest BCUT2D eigenvalue weighted by Crippen LogP contribution is -2.30. The van der Waals surface area contributed by atoms with E-state index in [1.54, 1.807) is 54.6 Å². The highest BCUT2D eigenvalue weighted by molar-refractivity contribution is 5.45. The van der Waals surface area contributed by atoms with Gasteiger partial charge in [-0.25, -0.2) is 0 Å². The number of rotatable bonds is 2. The Balaban J connectivity index is 2.04. The molecule has 0 spiro atoms. The van der Waals surface area contributed by atoms with E-state index in [0.717, 1.165) is 5.56 Å². The molecule has 2 aromatic carbocycles. The van der Waals surface area contributed by atoms with E-state index in [4.69, 9.17) is 0 Å². The third-order valence-corrected chi connectivity index (χ3v) is 3.96. The second-order valence-electron chi connectivity index (χ2n) is 5.00. The van der Waals surface area contributed by atoms with Crippen molar-refractivity contribution >= 4 is 0 Å². The van der Waals surface area contributed by atoms with Gasteiger partial charge in [0.2, 0.25) is 0 Å². The van der Waals surface area contributed by atoms with Gasteiger partial charge in [-0.05, 0) is 17.5 Å². The molecule has 0 bridgehead atoms. The van der Waals surface area contributed by atoms with E-state index >= 15 is 0 Å². The first-order valence-electron chi connectivity index (χ1n) is 6.23. The summed E-state index contributed by atoms with van der Waals surface area (Å²) in [5.41, 5.74) is -0.560. The Bertz CT molecular complexity index is 560. The predicted molar refractivity (Wildman–Crippen MR) is 68.0 cm³/mol. The fourth-order valence-electron chi connectivity index (χ4n) is 2.88. The van der Waals surface area contributed by atoms with Gasteiger partial charge in [-0.15, -0.1) is 0 Å². The smallest absolute Gasteiger partial charge is 0.170 e. The predicted octanol–water partition coefficient (Wildman–Crippen LogP) is 4.67. The highest BCUT2D eigenvalue weighted by Crippen LogP contribution is 2.67. The lowest BCUT2D eigenvalue weighted by atomic mass is 9.90. The molecule has 0 aromatic heterocycles. The zero-order valence-corrected chi connectivity index (χ0v) is 10.2. The quantitative estimate of drug-likeness (QED) is 0.737. The normalized spacial score (nSPS) is 26.2. The average molecular weight is 262 g/mol. The van der Waals surface area contributed by atoms with E-state index < -0.39 is 17.5 Å². The van der Waals surface area contributed by atoms with E-state index in [1.807, 2.05) is 6.07 Å². The third-order valence-electron chi connectivity index (χ3n) is 3.96. The maximum Gasteiger partial charge on any atom is 0.399 e. The second-order valence-corrected chi connectivity index (χ2v) is 5.00. The zero-order valence-electron chi connectivity index (χ0n) is 10.2. The largest absolute Gasteiger partial charge is 0.399 e. The molecule has 98 valence electrons. The van der Waals surface area contributed by atoms with Crippen LogP contribution in [0.5, 0.6) is 0 Å². The zero-order chi connectivity index (χ0) is 13.5. The Morgan fingerprint density at radius 2 is 1.37 bits per heavy atom. The molecule has 1 aliphatic rings. The Morgan fingerprint density at radius 3 is 1.89 bits per heavy atom. The molecular formula is C16H13F3. The average Bonchev–Trinajstić information content (AvgIpc) is 3.17. The molecule has 0 unspecified atom stereocenters.